The quantitative estimate of drug-likeness (QED) is 0.694. The molecule has 4 nitrogen and oxygen atoms in total. The Morgan fingerprint density at radius 1 is 1.53 bits per heavy atom. The number of likely N-dealkylation sites (N-methyl/N-ethyl adjacent to an activating group) is 1. The first-order valence-electron chi connectivity index (χ1n) is 6.77. The molecule has 0 aromatic heterocycles. The maximum Gasteiger partial charge on any atom is 0.0702 e. The van der Waals surface area contributed by atoms with Crippen LogP contribution in [0.5, 0.6) is 0 Å². The zero-order chi connectivity index (χ0) is 12.7. The number of nitrogens with zero attached hydrogens (tertiary/aromatic N) is 1. The van der Waals surface area contributed by atoms with Gasteiger partial charge in [0.25, 0.3) is 0 Å². The molecule has 1 fully saturated rings. The molecule has 4 heteroatoms. The van der Waals surface area contributed by atoms with Gasteiger partial charge in [-0.3, -0.25) is 4.90 Å². The van der Waals surface area contributed by atoms with E-state index < -0.39 is 0 Å². The Hall–Kier alpha value is -0.160. The summed E-state index contributed by atoms with van der Waals surface area (Å²) in [6, 6.07) is 0.393. The van der Waals surface area contributed by atoms with Crippen molar-refractivity contribution in [3.05, 3.63) is 0 Å². The molecule has 17 heavy (non-hydrogen) atoms. The number of hydrogen-bond acceptors (Lipinski definition) is 4. The lowest BCUT2D eigenvalue weighted by molar-refractivity contribution is 0.0350. The van der Waals surface area contributed by atoms with Crippen molar-refractivity contribution in [2.45, 2.75) is 38.8 Å². The Balaban J connectivity index is 2.48. The number of hydrogen-bond donors (Lipinski definition) is 1. The van der Waals surface area contributed by atoms with Crippen LogP contribution in [0.25, 0.3) is 0 Å². The Morgan fingerprint density at radius 2 is 2.29 bits per heavy atom. The summed E-state index contributed by atoms with van der Waals surface area (Å²) in [6.07, 6.45) is 2.79. The van der Waals surface area contributed by atoms with Crippen LogP contribution in [0.15, 0.2) is 0 Å². The van der Waals surface area contributed by atoms with E-state index in [1.165, 1.54) is 12.8 Å². The summed E-state index contributed by atoms with van der Waals surface area (Å²) in [5, 5.41) is 0. The van der Waals surface area contributed by atoms with Gasteiger partial charge in [0.1, 0.15) is 0 Å². The molecule has 0 amide bonds. The Bertz CT molecular complexity index is 196. The molecule has 0 radical (unpaired) electrons. The van der Waals surface area contributed by atoms with Gasteiger partial charge in [-0.15, -0.1) is 0 Å². The molecule has 3 unspecified atom stereocenters. The van der Waals surface area contributed by atoms with E-state index in [0.717, 1.165) is 26.3 Å². The van der Waals surface area contributed by atoms with Gasteiger partial charge < -0.3 is 15.2 Å². The van der Waals surface area contributed by atoms with Gasteiger partial charge in [-0.05, 0) is 25.3 Å². The van der Waals surface area contributed by atoms with Gasteiger partial charge in [-0.25, -0.2) is 0 Å². The summed E-state index contributed by atoms with van der Waals surface area (Å²) in [4.78, 5) is 2.44. The molecule has 2 N–H and O–H groups in total. The maximum atomic E-state index is 5.92. The molecular weight excluding hydrogens is 216 g/mol. The molecule has 1 rings (SSSR count). The molecule has 1 aliphatic heterocycles. The minimum Gasteiger partial charge on any atom is -0.384 e. The van der Waals surface area contributed by atoms with Crippen LogP contribution in [-0.2, 0) is 9.47 Å². The van der Waals surface area contributed by atoms with Crippen molar-refractivity contribution in [3.8, 4) is 0 Å². The van der Waals surface area contributed by atoms with Gasteiger partial charge >= 0.3 is 0 Å². The van der Waals surface area contributed by atoms with E-state index in [1.807, 2.05) is 0 Å². The smallest absolute Gasteiger partial charge is 0.0702 e. The highest BCUT2D eigenvalue weighted by molar-refractivity contribution is 4.80. The number of ether oxygens (including phenoxy) is 2. The molecule has 0 saturated carbocycles. The third-order valence-corrected chi connectivity index (χ3v) is 3.67. The number of rotatable bonds is 8. The molecule has 0 aromatic carbocycles. The van der Waals surface area contributed by atoms with E-state index in [0.29, 0.717) is 24.6 Å². The van der Waals surface area contributed by atoms with E-state index in [4.69, 9.17) is 15.2 Å². The third kappa shape index (κ3) is 4.54. The lowest BCUT2D eigenvalue weighted by Gasteiger charge is -2.35. The average molecular weight is 244 g/mol. The first kappa shape index (κ1) is 14.9. The molecular formula is C13H28N2O2. The SMILES string of the molecule is CCN(CC1CCCO1)C(CN)C(C)COC. The fraction of sp³-hybridized carbons (Fsp3) is 1.00. The van der Waals surface area contributed by atoms with Crippen LogP contribution in [0.4, 0.5) is 0 Å². The molecule has 1 heterocycles. The standard InChI is InChI=1S/C13H28N2O2/c1-4-15(9-12-6-5-7-17-12)13(8-14)11(2)10-16-3/h11-13H,4-10,14H2,1-3H3. The minimum atomic E-state index is 0.393. The lowest BCUT2D eigenvalue weighted by Crippen LogP contribution is -2.48. The topological polar surface area (TPSA) is 47.7 Å². The van der Waals surface area contributed by atoms with Crippen LogP contribution in [-0.4, -0.2) is 57.0 Å². The van der Waals surface area contributed by atoms with Crippen LogP contribution in [0.3, 0.4) is 0 Å². The summed E-state index contributed by atoms with van der Waals surface area (Å²) in [5.74, 6) is 0.464. The largest absolute Gasteiger partial charge is 0.384 e. The van der Waals surface area contributed by atoms with Gasteiger partial charge in [-0.2, -0.15) is 0 Å². The van der Waals surface area contributed by atoms with Crippen molar-refractivity contribution in [3.63, 3.8) is 0 Å². The zero-order valence-electron chi connectivity index (χ0n) is 11.5. The summed E-state index contributed by atoms with van der Waals surface area (Å²) in [6.45, 7) is 8.80. The second-order valence-electron chi connectivity index (χ2n) is 4.96. The van der Waals surface area contributed by atoms with Gasteiger partial charge in [0.05, 0.1) is 12.7 Å². The Labute approximate surface area is 105 Å². The van der Waals surface area contributed by atoms with Gasteiger partial charge in [0, 0.05) is 32.8 Å². The highest BCUT2D eigenvalue weighted by Gasteiger charge is 2.26. The van der Waals surface area contributed by atoms with E-state index in [1.54, 1.807) is 7.11 Å². The maximum absolute atomic E-state index is 5.92. The van der Waals surface area contributed by atoms with Crippen LogP contribution in [0, 0.1) is 5.92 Å². The molecule has 1 saturated heterocycles. The first-order chi connectivity index (χ1) is 8.22. The molecule has 102 valence electrons. The fourth-order valence-electron chi connectivity index (χ4n) is 2.66. The highest BCUT2D eigenvalue weighted by atomic mass is 16.5. The number of methoxy groups -OCH3 is 1. The van der Waals surface area contributed by atoms with Crippen molar-refractivity contribution in [2.75, 3.05) is 40.0 Å². The number of nitrogens with two attached hydrogens (primary N) is 1. The van der Waals surface area contributed by atoms with Gasteiger partial charge in [-0.1, -0.05) is 13.8 Å². The monoisotopic (exact) mass is 244 g/mol. The predicted molar refractivity (Wildman–Crippen MR) is 70.1 cm³/mol. The van der Waals surface area contributed by atoms with E-state index in [2.05, 4.69) is 18.7 Å². The summed E-state index contributed by atoms with van der Waals surface area (Å²) >= 11 is 0. The molecule has 3 atom stereocenters. The first-order valence-corrected chi connectivity index (χ1v) is 6.77. The Morgan fingerprint density at radius 3 is 2.76 bits per heavy atom. The second kappa shape index (κ2) is 8.03. The van der Waals surface area contributed by atoms with Gasteiger partial charge in [0.2, 0.25) is 0 Å². The van der Waals surface area contributed by atoms with E-state index >= 15 is 0 Å². The zero-order valence-corrected chi connectivity index (χ0v) is 11.5. The highest BCUT2D eigenvalue weighted by Crippen LogP contribution is 2.17. The molecule has 0 spiro atoms. The molecule has 1 aliphatic rings. The normalized spacial score (nSPS) is 24.2. The summed E-state index contributed by atoms with van der Waals surface area (Å²) < 4.78 is 10.9. The van der Waals surface area contributed by atoms with E-state index in [9.17, 15) is 0 Å². The minimum absolute atomic E-state index is 0.393. The predicted octanol–water partition coefficient (Wildman–Crippen LogP) is 1.10. The van der Waals surface area contributed by atoms with Crippen molar-refractivity contribution >= 4 is 0 Å². The molecule has 0 bridgehead atoms. The van der Waals surface area contributed by atoms with Crippen LogP contribution < -0.4 is 5.73 Å². The fourth-order valence-corrected chi connectivity index (χ4v) is 2.66. The van der Waals surface area contributed by atoms with Crippen molar-refractivity contribution < 1.29 is 9.47 Å². The average Bonchev–Trinajstić information content (AvgIpc) is 2.81. The molecule has 0 aliphatic carbocycles. The molecule has 0 aromatic rings. The summed E-state index contributed by atoms with van der Waals surface area (Å²) in [5.41, 5.74) is 5.92. The van der Waals surface area contributed by atoms with Gasteiger partial charge in [0.15, 0.2) is 0 Å². The second-order valence-corrected chi connectivity index (χ2v) is 4.96. The van der Waals surface area contributed by atoms with Crippen LogP contribution in [0.2, 0.25) is 0 Å². The summed E-state index contributed by atoms with van der Waals surface area (Å²) in [7, 11) is 1.75. The van der Waals surface area contributed by atoms with Crippen molar-refractivity contribution in [1.29, 1.82) is 0 Å². The van der Waals surface area contributed by atoms with Crippen molar-refractivity contribution in [2.24, 2.45) is 11.7 Å². The Kier molecular flexibility index (Phi) is 7.04. The van der Waals surface area contributed by atoms with Crippen LogP contribution in [0.1, 0.15) is 26.7 Å². The lowest BCUT2D eigenvalue weighted by atomic mass is 10.0. The third-order valence-electron chi connectivity index (χ3n) is 3.67. The van der Waals surface area contributed by atoms with E-state index in [-0.39, 0.29) is 0 Å². The van der Waals surface area contributed by atoms with Crippen LogP contribution >= 0.6 is 0 Å². The van der Waals surface area contributed by atoms with Crippen molar-refractivity contribution in [1.82, 2.24) is 4.90 Å².